The highest BCUT2D eigenvalue weighted by atomic mass is 35.5. The van der Waals surface area contributed by atoms with Gasteiger partial charge < -0.3 is 15.4 Å². The molecule has 0 aliphatic carbocycles. The summed E-state index contributed by atoms with van der Waals surface area (Å²) in [5.41, 5.74) is 1.03. The molecular formula is C36H35ClF3N3O5S. The van der Waals surface area contributed by atoms with Crippen molar-refractivity contribution in [2.75, 3.05) is 26.7 Å². The number of rotatable bonds is 12. The highest BCUT2D eigenvalue weighted by Gasteiger charge is 2.35. The summed E-state index contributed by atoms with van der Waals surface area (Å²) in [6, 6.07) is 19.6. The molecule has 1 aliphatic heterocycles. The minimum absolute atomic E-state index is 0.0681. The Bertz CT molecular complexity index is 1880. The number of nitrogens with zero attached hydrogens (tertiary/aromatic N) is 1. The molecule has 1 aliphatic rings. The van der Waals surface area contributed by atoms with Gasteiger partial charge >= 0.3 is 6.09 Å². The molecule has 1 amide bonds. The predicted molar refractivity (Wildman–Crippen MR) is 179 cm³/mol. The molecule has 5 rings (SSSR count). The third-order valence-corrected chi connectivity index (χ3v) is 10.8. The van der Waals surface area contributed by atoms with Crippen molar-refractivity contribution in [2.45, 2.75) is 42.2 Å². The van der Waals surface area contributed by atoms with Crippen LogP contribution in [-0.4, -0.2) is 63.4 Å². The van der Waals surface area contributed by atoms with Crippen LogP contribution in [0.25, 0.3) is 0 Å². The summed E-state index contributed by atoms with van der Waals surface area (Å²) in [6.45, 7) is 1.05. The number of sulfonamides is 1. The molecule has 2 N–H and O–H groups in total. The van der Waals surface area contributed by atoms with E-state index >= 15 is 4.39 Å². The van der Waals surface area contributed by atoms with Gasteiger partial charge in [-0.15, -0.1) is 0 Å². The van der Waals surface area contributed by atoms with E-state index < -0.39 is 57.4 Å². The van der Waals surface area contributed by atoms with E-state index in [2.05, 4.69) is 10.6 Å². The van der Waals surface area contributed by atoms with E-state index in [1.807, 2.05) is 0 Å². The van der Waals surface area contributed by atoms with Gasteiger partial charge in [-0.1, -0.05) is 54.1 Å². The number of hydrogen-bond donors (Lipinski definition) is 2. The smallest absolute Gasteiger partial charge is 0.407 e. The molecule has 0 radical (unpaired) electrons. The van der Waals surface area contributed by atoms with E-state index in [9.17, 15) is 26.8 Å². The summed E-state index contributed by atoms with van der Waals surface area (Å²) >= 11 is 6.10. The average Bonchev–Trinajstić information content (AvgIpc) is 3.08. The second kappa shape index (κ2) is 16.0. The quantitative estimate of drug-likeness (QED) is 0.186. The van der Waals surface area contributed by atoms with Gasteiger partial charge in [-0.3, -0.25) is 4.79 Å². The predicted octanol–water partition coefficient (Wildman–Crippen LogP) is 6.02. The first kappa shape index (κ1) is 36.1. The van der Waals surface area contributed by atoms with Crippen molar-refractivity contribution < 1.29 is 35.9 Å². The van der Waals surface area contributed by atoms with Gasteiger partial charge in [0.15, 0.2) is 5.78 Å². The van der Waals surface area contributed by atoms with Crippen LogP contribution in [0, 0.1) is 17.5 Å². The molecule has 4 aromatic rings. The number of Topliss-reactive ketones (excluding diaryl/α,β-unsaturated/α-hetero) is 1. The van der Waals surface area contributed by atoms with Crippen LogP contribution in [0.3, 0.4) is 0 Å². The van der Waals surface area contributed by atoms with Gasteiger partial charge in [-0.2, -0.15) is 4.31 Å². The fourth-order valence-corrected chi connectivity index (χ4v) is 8.03. The molecule has 0 aromatic heterocycles. The summed E-state index contributed by atoms with van der Waals surface area (Å²) in [7, 11) is -2.71. The number of ketones is 1. The molecule has 1 fully saturated rings. The van der Waals surface area contributed by atoms with Crippen molar-refractivity contribution in [1.29, 1.82) is 0 Å². The van der Waals surface area contributed by atoms with E-state index in [1.54, 1.807) is 48.5 Å². The largest absolute Gasteiger partial charge is 0.453 e. The SMILES string of the molecule is COC(=O)N[C@H](C(=O)Cc1cccc(F)c1CC[C@H]1CNCCN1S(=O)(=O)c1ccccc1)[C@@H](c1ccc(Cl)cc1)c1cc(F)cc(F)c1. The summed E-state index contributed by atoms with van der Waals surface area (Å²) in [6.07, 6.45) is -0.967. The third-order valence-electron chi connectivity index (χ3n) is 8.57. The van der Waals surface area contributed by atoms with Gasteiger partial charge in [-0.05, 0) is 77.6 Å². The Labute approximate surface area is 288 Å². The van der Waals surface area contributed by atoms with Crippen molar-refractivity contribution in [3.63, 3.8) is 0 Å². The van der Waals surface area contributed by atoms with Gasteiger partial charge in [0.2, 0.25) is 10.0 Å². The number of nitrogens with one attached hydrogen (secondary N) is 2. The topological polar surface area (TPSA) is 105 Å². The number of benzene rings is 4. The van der Waals surface area contributed by atoms with E-state index in [-0.39, 0.29) is 41.8 Å². The highest BCUT2D eigenvalue weighted by Crippen LogP contribution is 2.32. The number of ether oxygens (including phenoxy) is 1. The lowest BCUT2D eigenvalue weighted by Crippen LogP contribution is -2.53. The molecule has 0 bridgehead atoms. The minimum atomic E-state index is -3.82. The molecule has 0 saturated carbocycles. The van der Waals surface area contributed by atoms with Crippen LogP contribution in [0.1, 0.15) is 34.6 Å². The molecule has 49 heavy (non-hydrogen) atoms. The van der Waals surface area contributed by atoms with E-state index in [0.29, 0.717) is 35.3 Å². The normalized spacial score (nSPS) is 16.5. The number of hydrogen-bond acceptors (Lipinski definition) is 6. The van der Waals surface area contributed by atoms with Crippen LogP contribution in [0.4, 0.5) is 18.0 Å². The number of methoxy groups -OCH3 is 1. The van der Waals surface area contributed by atoms with Gasteiger partial charge in [0, 0.05) is 49.1 Å². The van der Waals surface area contributed by atoms with Gasteiger partial charge in [0.1, 0.15) is 23.5 Å². The monoisotopic (exact) mass is 713 g/mol. The van der Waals surface area contributed by atoms with Gasteiger partial charge in [0.25, 0.3) is 0 Å². The maximum absolute atomic E-state index is 15.5. The standard InChI is InChI=1S/C36H35ClF3N3O5S/c1-48-36(45)42-35(34(23-10-12-26(37)13-11-23)25-18-27(38)21-28(39)19-25)33(44)20-24-6-5-9-32(40)31(24)15-14-29-22-41-16-17-43(29)49(46,47)30-7-3-2-4-8-30/h2-13,18-19,21,29,34-35,41H,14-17,20,22H2,1H3,(H,42,45)/t29-,34-,35+/m0/s1. The highest BCUT2D eigenvalue weighted by molar-refractivity contribution is 7.89. The maximum Gasteiger partial charge on any atom is 0.407 e. The molecule has 8 nitrogen and oxygen atoms in total. The molecule has 1 saturated heterocycles. The van der Waals surface area contributed by atoms with E-state index in [4.69, 9.17) is 16.3 Å². The first-order valence-electron chi connectivity index (χ1n) is 15.6. The zero-order chi connectivity index (χ0) is 35.1. The number of carbonyl (C=O) groups is 2. The lowest BCUT2D eigenvalue weighted by atomic mass is 9.81. The summed E-state index contributed by atoms with van der Waals surface area (Å²) < 4.78 is 77.7. The number of halogens is 4. The first-order valence-corrected chi connectivity index (χ1v) is 17.4. The van der Waals surface area contributed by atoms with Crippen LogP contribution in [0.5, 0.6) is 0 Å². The lowest BCUT2D eigenvalue weighted by molar-refractivity contribution is -0.120. The summed E-state index contributed by atoms with van der Waals surface area (Å²) in [5.74, 6) is -4.02. The number of alkyl carbamates (subject to hydrolysis) is 1. The molecule has 258 valence electrons. The third kappa shape index (κ3) is 8.69. The van der Waals surface area contributed by atoms with Crippen LogP contribution >= 0.6 is 11.6 Å². The Hall–Kier alpha value is -4.23. The molecular weight excluding hydrogens is 679 g/mol. The zero-order valence-corrected chi connectivity index (χ0v) is 28.1. The second-order valence-electron chi connectivity index (χ2n) is 11.7. The molecule has 0 spiro atoms. The molecule has 4 aromatic carbocycles. The zero-order valence-electron chi connectivity index (χ0n) is 26.5. The van der Waals surface area contributed by atoms with Crippen LogP contribution in [0.2, 0.25) is 5.02 Å². The molecule has 0 unspecified atom stereocenters. The van der Waals surface area contributed by atoms with Gasteiger partial charge in [-0.25, -0.2) is 26.4 Å². The van der Waals surface area contributed by atoms with E-state index in [0.717, 1.165) is 19.2 Å². The Morgan fingerprint density at radius 3 is 2.33 bits per heavy atom. The second-order valence-corrected chi connectivity index (χ2v) is 14.0. The van der Waals surface area contributed by atoms with Crippen LogP contribution in [-0.2, 0) is 32.4 Å². The summed E-state index contributed by atoms with van der Waals surface area (Å²) in [4.78, 5) is 26.9. The Morgan fingerprint density at radius 1 is 0.959 bits per heavy atom. The maximum atomic E-state index is 15.5. The number of piperazine rings is 1. The van der Waals surface area contributed by atoms with Crippen molar-refractivity contribution in [2.24, 2.45) is 0 Å². The lowest BCUT2D eigenvalue weighted by Gasteiger charge is -2.35. The van der Waals surface area contributed by atoms with Crippen molar-refractivity contribution in [3.05, 3.63) is 136 Å². The minimum Gasteiger partial charge on any atom is -0.453 e. The fraction of sp³-hybridized carbons (Fsp3) is 0.278. The van der Waals surface area contributed by atoms with Crippen LogP contribution < -0.4 is 10.6 Å². The number of amides is 1. The van der Waals surface area contributed by atoms with Gasteiger partial charge in [0.05, 0.1) is 12.0 Å². The van der Waals surface area contributed by atoms with Crippen molar-refractivity contribution in [3.8, 4) is 0 Å². The average molecular weight is 714 g/mol. The number of carbonyl (C=O) groups excluding carboxylic acids is 2. The Morgan fingerprint density at radius 2 is 1.65 bits per heavy atom. The van der Waals surface area contributed by atoms with Crippen molar-refractivity contribution >= 4 is 33.5 Å². The Kier molecular flexibility index (Phi) is 11.8. The Balaban J connectivity index is 1.46. The summed E-state index contributed by atoms with van der Waals surface area (Å²) in [5, 5.41) is 6.12. The fourth-order valence-electron chi connectivity index (χ4n) is 6.23. The molecule has 13 heteroatoms. The molecule has 1 heterocycles. The van der Waals surface area contributed by atoms with Crippen molar-refractivity contribution in [1.82, 2.24) is 14.9 Å². The van der Waals surface area contributed by atoms with Crippen LogP contribution in [0.15, 0.2) is 95.9 Å². The first-order chi connectivity index (χ1) is 23.5. The van der Waals surface area contributed by atoms with E-state index in [1.165, 1.54) is 28.6 Å². The molecule has 3 atom stereocenters.